The van der Waals surface area contributed by atoms with E-state index in [1.165, 1.54) is 15.3 Å². The molecule has 9 heteroatoms. The van der Waals surface area contributed by atoms with Gasteiger partial charge in [-0.25, -0.2) is 13.2 Å². The minimum Gasteiger partial charge on any atom is -0.351 e. The maximum Gasteiger partial charge on any atom is 0.314 e. The number of carbonyl (C=O) groups is 2. The van der Waals surface area contributed by atoms with Crippen molar-refractivity contribution < 1.29 is 18.0 Å². The van der Waals surface area contributed by atoms with Gasteiger partial charge in [-0.2, -0.15) is 4.31 Å². The first kappa shape index (κ1) is 18.7. The Morgan fingerprint density at radius 2 is 1.85 bits per heavy atom. The van der Waals surface area contributed by atoms with Crippen molar-refractivity contribution in [3.8, 4) is 0 Å². The van der Waals surface area contributed by atoms with Crippen molar-refractivity contribution in [1.82, 2.24) is 9.21 Å². The van der Waals surface area contributed by atoms with Crippen LogP contribution >= 0.6 is 0 Å². The van der Waals surface area contributed by atoms with Crippen LogP contribution in [-0.2, 0) is 14.8 Å². The zero-order chi connectivity index (χ0) is 18.7. The first-order chi connectivity index (χ1) is 12.4. The van der Waals surface area contributed by atoms with E-state index in [0.717, 1.165) is 12.8 Å². The zero-order valence-corrected chi connectivity index (χ0v) is 15.4. The zero-order valence-electron chi connectivity index (χ0n) is 14.6. The predicted molar refractivity (Wildman–Crippen MR) is 96.9 cm³/mol. The monoisotopic (exact) mass is 380 g/mol. The lowest BCUT2D eigenvalue weighted by Gasteiger charge is -2.30. The molecule has 1 atom stereocenters. The highest BCUT2D eigenvalue weighted by Crippen LogP contribution is 2.24. The van der Waals surface area contributed by atoms with Gasteiger partial charge >= 0.3 is 6.03 Å². The van der Waals surface area contributed by atoms with Crippen molar-refractivity contribution in [2.45, 2.75) is 30.6 Å². The third kappa shape index (κ3) is 3.99. The molecule has 2 fully saturated rings. The second-order valence-corrected chi connectivity index (χ2v) is 8.69. The first-order valence-electron chi connectivity index (χ1n) is 8.83. The van der Waals surface area contributed by atoms with Crippen LogP contribution in [0.3, 0.4) is 0 Å². The van der Waals surface area contributed by atoms with Crippen LogP contribution in [0.15, 0.2) is 29.2 Å². The van der Waals surface area contributed by atoms with E-state index in [4.69, 9.17) is 5.73 Å². The molecular formula is C17H24N4O4S. The Bertz CT molecular complexity index is 790. The highest BCUT2D eigenvalue weighted by atomic mass is 32.2. The normalized spacial score (nSPS) is 21.5. The van der Waals surface area contributed by atoms with E-state index < -0.39 is 16.1 Å². The highest BCUT2D eigenvalue weighted by Gasteiger charge is 2.29. The fraction of sp³-hybridized carbons (Fsp3) is 0.529. The molecule has 3 rings (SSSR count). The number of hydrogen-bond donors (Lipinski definition) is 2. The Morgan fingerprint density at radius 3 is 2.54 bits per heavy atom. The van der Waals surface area contributed by atoms with Crippen molar-refractivity contribution in [3.63, 3.8) is 0 Å². The molecule has 0 aromatic heterocycles. The van der Waals surface area contributed by atoms with Gasteiger partial charge in [0.05, 0.1) is 10.8 Å². The quantitative estimate of drug-likeness (QED) is 0.817. The molecule has 0 bridgehead atoms. The number of anilines is 1. The molecule has 8 nitrogen and oxygen atoms in total. The number of nitrogens with two attached hydrogens (primary N) is 1. The molecule has 142 valence electrons. The SMILES string of the molecule is NC(=O)N1CCC[C@H](C(=O)Nc2cccc(S(=O)(=O)N3CCCC3)c2)C1. The van der Waals surface area contributed by atoms with Gasteiger partial charge in [0.2, 0.25) is 15.9 Å². The van der Waals surface area contributed by atoms with Crippen LogP contribution in [-0.4, -0.2) is 55.7 Å². The summed E-state index contributed by atoms with van der Waals surface area (Å²) >= 11 is 0. The minimum atomic E-state index is -3.53. The number of sulfonamides is 1. The number of likely N-dealkylation sites (tertiary alicyclic amines) is 1. The lowest BCUT2D eigenvalue weighted by atomic mass is 9.97. The number of amides is 3. The van der Waals surface area contributed by atoms with Gasteiger partial charge in [0.1, 0.15) is 0 Å². The third-order valence-corrected chi connectivity index (χ3v) is 6.80. The van der Waals surface area contributed by atoms with Crippen LogP contribution in [0.2, 0.25) is 0 Å². The van der Waals surface area contributed by atoms with Gasteiger partial charge in [-0.1, -0.05) is 6.07 Å². The van der Waals surface area contributed by atoms with E-state index in [1.54, 1.807) is 18.2 Å². The Kier molecular flexibility index (Phi) is 5.47. The number of urea groups is 1. The molecule has 26 heavy (non-hydrogen) atoms. The lowest BCUT2D eigenvalue weighted by molar-refractivity contribution is -0.121. The van der Waals surface area contributed by atoms with Crippen molar-refractivity contribution >= 4 is 27.6 Å². The van der Waals surface area contributed by atoms with Crippen LogP contribution in [0, 0.1) is 5.92 Å². The molecule has 2 saturated heterocycles. The van der Waals surface area contributed by atoms with E-state index in [0.29, 0.717) is 38.2 Å². The number of rotatable bonds is 4. The number of primary amides is 1. The Labute approximate surface area is 153 Å². The third-order valence-electron chi connectivity index (χ3n) is 4.91. The fourth-order valence-electron chi connectivity index (χ4n) is 3.45. The van der Waals surface area contributed by atoms with E-state index in [9.17, 15) is 18.0 Å². The van der Waals surface area contributed by atoms with Crippen LogP contribution < -0.4 is 11.1 Å². The molecule has 1 aromatic carbocycles. The molecule has 0 spiro atoms. The molecule has 0 aliphatic carbocycles. The van der Waals surface area contributed by atoms with Gasteiger partial charge in [-0.05, 0) is 43.9 Å². The maximum atomic E-state index is 12.6. The Morgan fingerprint density at radius 1 is 1.12 bits per heavy atom. The summed E-state index contributed by atoms with van der Waals surface area (Å²) in [4.78, 5) is 25.5. The number of carbonyl (C=O) groups excluding carboxylic acids is 2. The van der Waals surface area contributed by atoms with Crippen molar-refractivity contribution in [3.05, 3.63) is 24.3 Å². The van der Waals surface area contributed by atoms with Crippen LogP contribution in [0.5, 0.6) is 0 Å². The molecule has 0 unspecified atom stereocenters. The van der Waals surface area contributed by atoms with Crippen LogP contribution in [0.4, 0.5) is 10.5 Å². The molecule has 0 saturated carbocycles. The lowest BCUT2D eigenvalue weighted by Crippen LogP contribution is -2.46. The van der Waals surface area contributed by atoms with E-state index in [1.807, 2.05) is 0 Å². The van der Waals surface area contributed by atoms with Gasteiger partial charge in [-0.15, -0.1) is 0 Å². The van der Waals surface area contributed by atoms with Crippen molar-refractivity contribution in [2.24, 2.45) is 11.7 Å². The summed E-state index contributed by atoms with van der Waals surface area (Å²) in [7, 11) is -3.53. The second-order valence-electron chi connectivity index (χ2n) is 6.75. The van der Waals surface area contributed by atoms with E-state index >= 15 is 0 Å². The average Bonchev–Trinajstić information content (AvgIpc) is 3.17. The van der Waals surface area contributed by atoms with Gasteiger partial charge in [0, 0.05) is 31.9 Å². The summed E-state index contributed by atoms with van der Waals surface area (Å²) in [5.74, 6) is -0.582. The summed E-state index contributed by atoms with van der Waals surface area (Å²) in [6.07, 6.45) is 3.12. The standard InChI is InChI=1S/C17H24N4O4S/c18-17(23)20-8-4-5-13(12-20)16(22)19-14-6-3-7-15(11-14)26(24,25)21-9-1-2-10-21/h3,6-7,11,13H,1-2,4-5,8-10,12H2,(H2,18,23)(H,19,22)/t13-/m0/s1. The molecule has 2 aliphatic rings. The summed E-state index contributed by atoms with van der Waals surface area (Å²) in [6.45, 7) is 1.91. The van der Waals surface area contributed by atoms with E-state index in [-0.39, 0.29) is 23.3 Å². The topological polar surface area (TPSA) is 113 Å². The number of piperidine rings is 1. The highest BCUT2D eigenvalue weighted by molar-refractivity contribution is 7.89. The van der Waals surface area contributed by atoms with Crippen LogP contribution in [0.1, 0.15) is 25.7 Å². The van der Waals surface area contributed by atoms with Crippen molar-refractivity contribution in [1.29, 1.82) is 0 Å². The summed E-state index contributed by atoms with van der Waals surface area (Å²) in [5, 5.41) is 2.77. The van der Waals surface area contributed by atoms with Crippen molar-refractivity contribution in [2.75, 3.05) is 31.5 Å². The van der Waals surface area contributed by atoms with Crippen LogP contribution in [0.25, 0.3) is 0 Å². The summed E-state index contributed by atoms with van der Waals surface area (Å²) in [6, 6.07) is 5.78. The van der Waals surface area contributed by atoms with Gasteiger partial charge < -0.3 is 16.0 Å². The molecule has 2 heterocycles. The maximum absolute atomic E-state index is 12.6. The summed E-state index contributed by atoms with van der Waals surface area (Å²) in [5.41, 5.74) is 5.73. The smallest absolute Gasteiger partial charge is 0.314 e. The minimum absolute atomic E-state index is 0.180. The second kappa shape index (κ2) is 7.63. The molecule has 3 amide bonds. The molecule has 0 radical (unpaired) electrons. The number of nitrogens with one attached hydrogen (secondary N) is 1. The summed E-state index contributed by atoms with van der Waals surface area (Å²) < 4.78 is 26.8. The predicted octanol–water partition coefficient (Wildman–Crippen LogP) is 1.20. The Hall–Kier alpha value is -2.13. The number of hydrogen-bond acceptors (Lipinski definition) is 4. The largest absolute Gasteiger partial charge is 0.351 e. The Balaban J connectivity index is 1.70. The van der Waals surface area contributed by atoms with Gasteiger partial charge in [0.25, 0.3) is 0 Å². The molecule has 3 N–H and O–H groups in total. The number of benzene rings is 1. The number of nitrogens with zero attached hydrogens (tertiary/aromatic N) is 2. The van der Waals surface area contributed by atoms with Gasteiger partial charge in [0.15, 0.2) is 0 Å². The fourth-order valence-corrected chi connectivity index (χ4v) is 5.01. The van der Waals surface area contributed by atoms with E-state index in [2.05, 4.69) is 5.32 Å². The molecular weight excluding hydrogens is 356 g/mol. The average molecular weight is 380 g/mol. The van der Waals surface area contributed by atoms with Gasteiger partial charge in [-0.3, -0.25) is 4.79 Å². The molecule has 1 aromatic rings. The molecule has 2 aliphatic heterocycles. The first-order valence-corrected chi connectivity index (χ1v) is 10.3.